The number of halogens is 1. The van der Waals surface area contributed by atoms with E-state index in [1.54, 1.807) is 51.2 Å². The first kappa shape index (κ1) is 25.5. The minimum absolute atomic E-state index is 0.0712. The van der Waals surface area contributed by atoms with Gasteiger partial charge in [-0.3, -0.25) is 23.3 Å². The molecule has 11 heteroatoms. The maximum atomic E-state index is 13.7. The molecule has 0 spiro atoms. The lowest BCUT2D eigenvalue weighted by atomic mass is 10.2. The zero-order chi connectivity index (χ0) is 25.2. The molecular formula is C24H29FN3O6P. The number of aromatic nitrogens is 2. The van der Waals surface area contributed by atoms with Gasteiger partial charge in [0.2, 0.25) is 0 Å². The van der Waals surface area contributed by atoms with Crippen molar-refractivity contribution in [3.05, 3.63) is 80.7 Å². The summed E-state index contributed by atoms with van der Waals surface area (Å²) < 4.78 is 40.6. The van der Waals surface area contributed by atoms with Gasteiger partial charge in [-0.05, 0) is 43.7 Å². The summed E-state index contributed by atoms with van der Waals surface area (Å²) in [6.07, 6.45) is -0.210. The van der Waals surface area contributed by atoms with Gasteiger partial charge in [0, 0.05) is 13.5 Å². The van der Waals surface area contributed by atoms with Gasteiger partial charge in [0.15, 0.2) is 0 Å². The molecule has 0 radical (unpaired) electrons. The molecule has 1 fully saturated rings. The highest BCUT2D eigenvalue weighted by Gasteiger charge is 2.46. The van der Waals surface area contributed by atoms with E-state index in [1.165, 1.54) is 27.8 Å². The highest BCUT2D eigenvalue weighted by Crippen LogP contribution is 2.57. The molecule has 2 aromatic carbocycles. The van der Waals surface area contributed by atoms with Gasteiger partial charge in [0.1, 0.15) is 11.6 Å². The van der Waals surface area contributed by atoms with Gasteiger partial charge < -0.3 is 9.05 Å². The van der Waals surface area contributed by atoms with E-state index in [-0.39, 0.29) is 26.3 Å². The lowest BCUT2D eigenvalue weighted by Gasteiger charge is -2.25. The van der Waals surface area contributed by atoms with Crippen LogP contribution in [0.2, 0.25) is 0 Å². The molecule has 4 rings (SSSR count). The number of hydroxylamine groups is 2. The van der Waals surface area contributed by atoms with Crippen molar-refractivity contribution >= 4 is 18.5 Å². The van der Waals surface area contributed by atoms with Crippen molar-refractivity contribution in [1.82, 2.24) is 14.2 Å². The minimum Gasteiger partial charge on any atom is -0.308 e. The van der Waals surface area contributed by atoms with Crippen LogP contribution in [0.15, 0.2) is 58.1 Å². The number of para-hydroxylation sites is 1. The second kappa shape index (κ2) is 10.6. The summed E-state index contributed by atoms with van der Waals surface area (Å²) in [5.74, 6) is -1.08. The molecule has 188 valence electrons. The Bertz CT molecular complexity index is 1360. The molecule has 0 N–H and O–H groups in total. The molecule has 2 atom stereocenters. The van der Waals surface area contributed by atoms with E-state index in [4.69, 9.17) is 13.9 Å². The molecule has 0 bridgehead atoms. The summed E-state index contributed by atoms with van der Waals surface area (Å²) >= 11 is 0. The summed E-state index contributed by atoms with van der Waals surface area (Å²) in [6, 6.07) is 12.6. The lowest BCUT2D eigenvalue weighted by Crippen LogP contribution is -2.42. The Morgan fingerprint density at radius 2 is 1.77 bits per heavy atom. The molecule has 0 aliphatic carbocycles. The second-order valence-electron chi connectivity index (χ2n) is 8.30. The molecule has 1 saturated heterocycles. The summed E-state index contributed by atoms with van der Waals surface area (Å²) in [4.78, 5) is 32.6. The molecule has 1 aromatic heterocycles. The molecule has 0 saturated carbocycles. The average molecular weight is 505 g/mol. The third kappa shape index (κ3) is 5.17. The van der Waals surface area contributed by atoms with Crippen LogP contribution in [-0.2, 0) is 31.5 Å². The van der Waals surface area contributed by atoms with Crippen LogP contribution in [0, 0.1) is 5.82 Å². The van der Waals surface area contributed by atoms with Gasteiger partial charge in [0.05, 0.1) is 43.3 Å². The summed E-state index contributed by atoms with van der Waals surface area (Å²) in [5.41, 5.74) is -0.0288. The quantitative estimate of drug-likeness (QED) is 0.411. The minimum atomic E-state index is -3.47. The second-order valence-corrected chi connectivity index (χ2v) is 10.5. The van der Waals surface area contributed by atoms with E-state index >= 15 is 0 Å². The smallest absolute Gasteiger partial charge is 0.308 e. The number of hydrogen-bond acceptors (Lipinski definition) is 7. The standard InChI is InChI=1S/C24H29FN3O6P/c1-4-32-35(31,33-5-2)22-14-19(34-26(22)3)16-27-21-12-7-6-11-20(21)23(29)28(24(27)30)15-17-9-8-10-18(25)13-17/h6-13,19,22H,4-5,14-16H2,1-3H3. The Hall–Kier alpha value is -2.62. The number of fused-ring (bicyclic) bond motifs is 1. The molecule has 0 amide bonds. The molecule has 9 nitrogen and oxygen atoms in total. The van der Waals surface area contributed by atoms with Crippen LogP contribution in [0.3, 0.4) is 0 Å². The predicted molar refractivity (Wildman–Crippen MR) is 130 cm³/mol. The lowest BCUT2D eigenvalue weighted by molar-refractivity contribution is -0.138. The van der Waals surface area contributed by atoms with Crippen LogP contribution in [0.1, 0.15) is 25.8 Å². The van der Waals surface area contributed by atoms with Crippen LogP contribution < -0.4 is 11.2 Å². The van der Waals surface area contributed by atoms with Gasteiger partial charge in [-0.15, -0.1) is 0 Å². The fourth-order valence-corrected chi connectivity index (χ4v) is 6.53. The Labute approximate surface area is 202 Å². The fourth-order valence-electron chi connectivity index (χ4n) is 4.45. The summed E-state index contributed by atoms with van der Waals surface area (Å²) in [5, 5.41) is 1.83. The molecule has 2 heterocycles. The maximum Gasteiger partial charge on any atom is 0.350 e. The van der Waals surface area contributed by atoms with Gasteiger partial charge in [0.25, 0.3) is 5.56 Å². The SMILES string of the molecule is CCOP(=O)(OCC)C1CC(Cn2c(=O)n(Cc3cccc(F)c3)c(=O)c3ccccc32)ON1C. The highest BCUT2D eigenvalue weighted by atomic mass is 31.2. The van der Waals surface area contributed by atoms with Crippen LogP contribution in [0.5, 0.6) is 0 Å². The zero-order valence-corrected chi connectivity index (χ0v) is 20.8. The molecule has 3 aromatic rings. The van der Waals surface area contributed by atoms with Crippen LogP contribution in [0.25, 0.3) is 10.9 Å². The van der Waals surface area contributed by atoms with Crippen molar-refractivity contribution in [3.8, 4) is 0 Å². The molecule has 35 heavy (non-hydrogen) atoms. The zero-order valence-electron chi connectivity index (χ0n) is 19.9. The fraction of sp³-hybridized carbons (Fsp3) is 0.417. The van der Waals surface area contributed by atoms with E-state index in [0.29, 0.717) is 22.9 Å². The normalized spacial score (nSPS) is 19.0. The van der Waals surface area contributed by atoms with Gasteiger partial charge in [-0.25, -0.2) is 9.18 Å². The molecule has 1 aliphatic heterocycles. The predicted octanol–water partition coefficient (Wildman–Crippen LogP) is 3.58. The molecule has 2 unspecified atom stereocenters. The van der Waals surface area contributed by atoms with E-state index in [0.717, 1.165) is 4.57 Å². The number of nitrogens with zero attached hydrogens (tertiary/aromatic N) is 3. The van der Waals surface area contributed by atoms with Crippen molar-refractivity contribution < 1.29 is 22.8 Å². The third-order valence-electron chi connectivity index (χ3n) is 5.94. The first-order chi connectivity index (χ1) is 16.8. The van der Waals surface area contributed by atoms with Crippen molar-refractivity contribution in [2.45, 2.75) is 45.2 Å². The van der Waals surface area contributed by atoms with Gasteiger partial charge in [-0.2, -0.15) is 5.06 Å². The van der Waals surface area contributed by atoms with E-state index in [9.17, 15) is 18.5 Å². The third-order valence-corrected chi connectivity index (χ3v) is 8.44. The summed E-state index contributed by atoms with van der Waals surface area (Å²) in [6.45, 7) is 3.97. The average Bonchev–Trinajstić information content (AvgIpc) is 3.21. The number of rotatable bonds is 9. The van der Waals surface area contributed by atoms with Crippen molar-refractivity contribution in [1.29, 1.82) is 0 Å². The van der Waals surface area contributed by atoms with E-state index in [2.05, 4.69) is 0 Å². The Balaban J connectivity index is 1.71. The van der Waals surface area contributed by atoms with Crippen molar-refractivity contribution in [2.75, 3.05) is 20.3 Å². The van der Waals surface area contributed by atoms with Crippen LogP contribution in [0.4, 0.5) is 4.39 Å². The summed E-state index contributed by atoms with van der Waals surface area (Å²) in [7, 11) is -1.82. The monoisotopic (exact) mass is 505 g/mol. The first-order valence-corrected chi connectivity index (χ1v) is 13.1. The van der Waals surface area contributed by atoms with Crippen molar-refractivity contribution in [3.63, 3.8) is 0 Å². The first-order valence-electron chi connectivity index (χ1n) is 11.5. The molecule has 1 aliphatic rings. The van der Waals surface area contributed by atoms with Crippen LogP contribution >= 0.6 is 7.60 Å². The topological polar surface area (TPSA) is 92.0 Å². The van der Waals surface area contributed by atoms with E-state index in [1.807, 2.05) is 0 Å². The highest BCUT2D eigenvalue weighted by molar-refractivity contribution is 7.54. The number of benzene rings is 2. The van der Waals surface area contributed by atoms with Gasteiger partial charge >= 0.3 is 13.3 Å². The van der Waals surface area contributed by atoms with Gasteiger partial charge in [-0.1, -0.05) is 24.3 Å². The Morgan fingerprint density at radius 1 is 1.06 bits per heavy atom. The van der Waals surface area contributed by atoms with E-state index < -0.39 is 36.5 Å². The Morgan fingerprint density at radius 3 is 2.46 bits per heavy atom. The maximum absolute atomic E-state index is 13.7. The Kier molecular flexibility index (Phi) is 7.68. The number of hydrogen-bond donors (Lipinski definition) is 0. The van der Waals surface area contributed by atoms with Crippen molar-refractivity contribution in [2.24, 2.45) is 0 Å². The molecular weight excluding hydrogens is 476 g/mol. The largest absolute Gasteiger partial charge is 0.350 e. The van der Waals surface area contributed by atoms with Crippen LogP contribution in [-0.4, -0.2) is 46.3 Å².